The summed E-state index contributed by atoms with van der Waals surface area (Å²) in [5.74, 6) is 0.346. The lowest BCUT2D eigenvalue weighted by molar-refractivity contribution is -0.141. The van der Waals surface area contributed by atoms with Crippen molar-refractivity contribution in [2.75, 3.05) is 27.3 Å². The normalized spacial score (nSPS) is 10.1. The summed E-state index contributed by atoms with van der Waals surface area (Å²) in [6.45, 7) is 4.46. The highest BCUT2D eigenvalue weighted by Crippen LogP contribution is 2.18. The monoisotopic (exact) mass is 293 g/mol. The average Bonchev–Trinajstić information content (AvgIpc) is 2.45. The van der Waals surface area contributed by atoms with E-state index in [2.05, 4.69) is 4.74 Å². The first-order valence-corrected chi connectivity index (χ1v) is 6.95. The molecule has 0 unspecified atom stereocenters. The van der Waals surface area contributed by atoms with Gasteiger partial charge in [-0.1, -0.05) is 17.7 Å². The van der Waals surface area contributed by atoms with Crippen molar-refractivity contribution in [1.29, 1.82) is 0 Å². The Morgan fingerprint density at radius 2 is 1.95 bits per heavy atom. The van der Waals surface area contributed by atoms with Crippen LogP contribution in [-0.2, 0) is 14.3 Å². The van der Waals surface area contributed by atoms with Gasteiger partial charge in [-0.15, -0.1) is 0 Å². The van der Waals surface area contributed by atoms with Crippen LogP contribution >= 0.6 is 0 Å². The molecule has 0 aromatic heterocycles. The Morgan fingerprint density at radius 1 is 1.24 bits per heavy atom. The zero-order valence-corrected chi connectivity index (χ0v) is 13.1. The first kappa shape index (κ1) is 17.0. The molecule has 1 aromatic carbocycles. The fourth-order valence-electron chi connectivity index (χ4n) is 1.90. The van der Waals surface area contributed by atoms with E-state index in [1.807, 2.05) is 32.0 Å². The smallest absolute Gasteiger partial charge is 0.305 e. The summed E-state index contributed by atoms with van der Waals surface area (Å²) in [6, 6.07) is 5.84. The summed E-state index contributed by atoms with van der Waals surface area (Å²) in [4.78, 5) is 24.5. The van der Waals surface area contributed by atoms with E-state index in [0.717, 1.165) is 16.9 Å². The standard InChI is InChI=1S/C16H23NO4/c1-12-7-8-14(13(2)10-12)21-11-15(18)17(3)9-5-6-16(19)20-4/h7-8,10H,5-6,9,11H2,1-4H3. The minimum atomic E-state index is -0.262. The van der Waals surface area contributed by atoms with Crippen molar-refractivity contribution in [3.05, 3.63) is 29.3 Å². The van der Waals surface area contributed by atoms with Gasteiger partial charge in [-0.2, -0.15) is 0 Å². The number of benzene rings is 1. The van der Waals surface area contributed by atoms with Crippen molar-refractivity contribution in [2.24, 2.45) is 0 Å². The van der Waals surface area contributed by atoms with Crippen LogP contribution in [0.1, 0.15) is 24.0 Å². The number of ether oxygens (including phenoxy) is 2. The number of methoxy groups -OCH3 is 1. The molecule has 1 aromatic rings. The second kappa shape index (κ2) is 8.29. The summed E-state index contributed by atoms with van der Waals surface area (Å²) in [5, 5.41) is 0. The molecule has 0 radical (unpaired) electrons. The van der Waals surface area contributed by atoms with Crippen molar-refractivity contribution in [1.82, 2.24) is 4.90 Å². The number of likely N-dealkylation sites (N-methyl/N-ethyl adjacent to an activating group) is 1. The quantitative estimate of drug-likeness (QED) is 0.722. The summed E-state index contributed by atoms with van der Waals surface area (Å²) in [6.07, 6.45) is 0.893. The first-order valence-electron chi connectivity index (χ1n) is 6.95. The maximum absolute atomic E-state index is 11.9. The van der Waals surface area contributed by atoms with Crippen LogP contribution in [0.5, 0.6) is 5.75 Å². The molecule has 5 heteroatoms. The van der Waals surface area contributed by atoms with Crippen LogP contribution in [-0.4, -0.2) is 44.1 Å². The van der Waals surface area contributed by atoms with Crippen molar-refractivity contribution in [2.45, 2.75) is 26.7 Å². The Hall–Kier alpha value is -2.04. The second-order valence-electron chi connectivity index (χ2n) is 5.05. The lowest BCUT2D eigenvalue weighted by Gasteiger charge is -2.17. The van der Waals surface area contributed by atoms with E-state index < -0.39 is 0 Å². The number of carbonyl (C=O) groups is 2. The lowest BCUT2D eigenvalue weighted by atomic mass is 10.1. The van der Waals surface area contributed by atoms with Crippen molar-refractivity contribution < 1.29 is 19.1 Å². The predicted octanol–water partition coefficient (Wildman–Crippen LogP) is 2.09. The molecule has 0 N–H and O–H groups in total. The molecule has 0 heterocycles. The molecule has 0 atom stereocenters. The number of hydrogen-bond acceptors (Lipinski definition) is 4. The third-order valence-corrected chi connectivity index (χ3v) is 3.21. The van der Waals surface area contributed by atoms with Gasteiger partial charge in [0.25, 0.3) is 5.91 Å². The summed E-state index contributed by atoms with van der Waals surface area (Å²) < 4.78 is 10.1. The Balaban J connectivity index is 2.37. The van der Waals surface area contributed by atoms with E-state index in [-0.39, 0.29) is 18.5 Å². The van der Waals surface area contributed by atoms with E-state index in [4.69, 9.17) is 4.74 Å². The topological polar surface area (TPSA) is 55.8 Å². The molecule has 0 aliphatic carbocycles. The van der Waals surface area contributed by atoms with Crippen LogP contribution in [0, 0.1) is 13.8 Å². The minimum absolute atomic E-state index is 0.00136. The maximum atomic E-state index is 11.9. The number of amides is 1. The van der Waals surface area contributed by atoms with Crippen LogP contribution in [0.15, 0.2) is 18.2 Å². The molecular weight excluding hydrogens is 270 g/mol. The van der Waals surface area contributed by atoms with Gasteiger partial charge in [0.05, 0.1) is 7.11 Å². The van der Waals surface area contributed by atoms with Crippen LogP contribution < -0.4 is 4.74 Å². The van der Waals surface area contributed by atoms with Gasteiger partial charge in [0.2, 0.25) is 0 Å². The van der Waals surface area contributed by atoms with Crippen molar-refractivity contribution in [3.63, 3.8) is 0 Å². The second-order valence-corrected chi connectivity index (χ2v) is 5.05. The van der Waals surface area contributed by atoms with Crippen LogP contribution in [0.25, 0.3) is 0 Å². The SMILES string of the molecule is COC(=O)CCCN(C)C(=O)COc1ccc(C)cc1C. The van der Waals surface area contributed by atoms with Gasteiger partial charge in [-0.25, -0.2) is 0 Å². The summed E-state index contributed by atoms with van der Waals surface area (Å²) >= 11 is 0. The largest absolute Gasteiger partial charge is 0.484 e. The van der Waals surface area contributed by atoms with Gasteiger partial charge >= 0.3 is 5.97 Å². The van der Waals surface area contributed by atoms with Crippen molar-refractivity contribution >= 4 is 11.9 Å². The molecule has 0 saturated carbocycles. The Bertz CT molecular complexity index is 499. The minimum Gasteiger partial charge on any atom is -0.484 e. The Morgan fingerprint density at radius 3 is 2.57 bits per heavy atom. The highest BCUT2D eigenvalue weighted by molar-refractivity contribution is 5.77. The van der Waals surface area contributed by atoms with Crippen LogP contribution in [0.4, 0.5) is 0 Å². The van der Waals surface area contributed by atoms with E-state index >= 15 is 0 Å². The van der Waals surface area contributed by atoms with E-state index in [1.54, 1.807) is 11.9 Å². The molecule has 1 amide bonds. The Labute approximate surface area is 125 Å². The zero-order valence-electron chi connectivity index (χ0n) is 13.1. The molecular formula is C16H23NO4. The molecule has 0 aliphatic rings. The highest BCUT2D eigenvalue weighted by Gasteiger charge is 2.11. The molecule has 1 rings (SSSR count). The number of aryl methyl sites for hydroxylation is 2. The van der Waals surface area contributed by atoms with E-state index in [9.17, 15) is 9.59 Å². The number of esters is 1. The highest BCUT2D eigenvalue weighted by atomic mass is 16.5. The van der Waals surface area contributed by atoms with Crippen LogP contribution in [0.2, 0.25) is 0 Å². The van der Waals surface area contributed by atoms with Gasteiger partial charge in [-0.3, -0.25) is 9.59 Å². The maximum Gasteiger partial charge on any atom is 0.305 e. The van der Waals surface area contributed by atoms with Gasteiger partial charge in [-0.05, 0) is 31.9 Å². The third kappa shape index (κ3) is 5.85. The fourth-order valence-corrected chi connectivity index (χ4v) is 1.90. The van der Waals surface area contributed by atoms with Gasteiger partial charge in [0.1, 0.15) is 5.75 Å². The zero-order chi connectivity index (χ0) is 15.8. The van der Waals surface area contributed by atoms with E-state index in [1.165, 1.54) is 7.11 Å². The molecule has 0 bridgehead atoms. The Kier molecular flexibility index (Phi) is 6.72. The summed E-state index contributed by atoms with van der Waals surface area (Å²) in [5.41, 5.74) is 2.17. The molecule has 5 nitrogen and oxygen atoms in total. The molecule has 0 fully saturated rings. The van der Waals surface area contributed by atoms with Gasteiger partial charge in [0, 0.05) is 20.0 Å². The van der Waals surface area contributed by atoms with Crippen molar-refractivity contribution in [3.8, 4) is 5.75 Å². The lowest BCUT2D eigenvalue weighted by Crippen LogP contribution is -2.32. The number of nitrogens with zero attached hydrogens (tertiary/aromatic N) is 1. The predicted molar refractivity (Wildman–Crippen MR) is 80.3 cm³/mol. The average molecular weight is 293 g/mol. The number of carbonyl (C=O) groups excluding carboxylic acids is 2. The molecule has 0 saturated heterocycles. The summed E-state index contributed by atoms with van der Waals surface area (Å²) in [7, 11) is 3.06. The molecule has 0 spiro atoms. The molecule has 21 heavy (non-hydrogen) atoms. The fraction of sp³-hybridized carbons (Fsp3) is 0.500. The number of hydrogen-bond donors (Lipinski definition) is 0. The molecule has 116 valence electrons. The van der Waals surface area contributed by atoms with Gasteiger partial charge < -0.3 is 14.4 Å². The third-order valence-electron chi connectivity index (χ3n) is 3.21. The van der Waals surface area contributed by atoms with Crippen LogP contribution in [0.3, 0.4) is 0 Å². The number of rotatable bonds is 7. The molecule has 0 aliphatic heterocycles. The van der Waals surface area contributed by atoms with Gasteiger partial charge in [0.15, 0.2) is 6.61 Å². The van der Waals surface area contributed by atoms with E-state index in [0.29, 0.717) is 19.4 Å². The first-order chi connectivity index (χ1) is 9.93.